The lowest BCUT2D eigenvalue weighted by atomic mass is 9.96. The highest BCUT2D eigenvalue weighted by Gasteiger charge is 2.27. The minimum atomic E-state index is -0.108. The van der Waals surface area contributed by atoms with Crippen LogP contribution in [-0.2, 0) is 0 Å². The maximum atomic E-state index is 6.82. The molecule has 1 aliphatic heterocycles. The van der Waals surface area contributed by atoms with Gasteiger partial charge in [-0.05, 0) is 112 Å². The SMILES string of the molecule is c1ccc(C2=NC(n3c4ccc(-c5ccc6oc7cccc(-c8ccc9c(c8)c8ccccc8n9-c8ccccc8)c7c6c5)cc4c4c5oc6ccccc6c5ccc43)=NC(c3ccccc3)C2)cc1. The molecule has 1 unspecified atom stereocenters. The number of aromatic nitrogens is 2. The highest BCUT2D eigenvalue weighted by Crippen LogP contribution is 2.44. The molecule has 6 nitrogen and oxygen atoms in total. The molecule has 0 bridgehead atoms. The average molecular weight is 897 g/mol. The van der Waals surface area contributed by atoms with E-state index >= 15 is 0 Å². The number of para-hydroxylation sites is 3. The maximum absolute atomic E-state index is 6.82. The molecule has 4 aromatic heterocycles. The van der Waals surface area contributed by atoms with Gasteiger partial charge in [0.15, 0.2) is 0 Å². The van der Waals surface area contributed by atoms with Gasteiger partial charge in [0.05, 0.1) is 39.2 Å². The first kappa shape index (κ1) is 38.8. The number of furan rings is 2. The third-order valence-corrected chi connectivity index (χ3v) is 14.5. The van der Waals surface area contributed by atoms with E-state index in [1.807, 2.05) is 6.07 Å². The second-order valence-corrected chi connectivity index (χ2v) is 18.4. The lowest BCUT2D eigenvalue weighted by Crippen LogP contribution is -2.21. The van der Waals surface area contributed by atoms with Crippen LogP contribution in [0.2, 0.25) is 0 Å². The van der Waals surface area contributed by atoms with Crippen LogP contribution < -0.4 is 0 Å². The Balaban J connectivity index is 0.927. The Hall–Kier alpha value is -9.26. The van der Waals surface area contributed by atoms with Crippen LogP contribution in [0.4, 0.5) is 0 Å². The fourth-order valence-electron chi connectivity index (χ4n) is 11.3. The van der Waals surface area contributed by atoms with Crippen LogP contribution >= 0.6 is 0 Å². The van der Waals surface area contributed by atoms with Gasteiger partial charge in [-0.1, -0.05) is 146 Å². The maximum Gasteiger partial charge on any atom is 0.230 e. The van der Waals surface area contributed by atoms with Gasteiger partial charge in [0.2, 0.25) is 5.96 Å². The molecule has 0 spiro atoms. The van der Waals surface area contributed by atoms with E-state index in [4.69, 9.17) is 18.8 Å². The first-order valence-corrected chi connectivity index (χ1v) is 23.9. The van der Waals surface area contributed by atoms with Crippen molar-refractivity contribution in [1.82, 2.24) is 9.13 Å². The summed E-state index contributed by atoms with van der Waals surface area (Å²) in [5, 5.41) is 8.88. The Morgan fingerprint density at radius 1 is 0.386 bits per heavy atom. The number of rotatable bonds is 5. The van der Waals surface area contributed by atoms with Crippen LogP contribution in [0.1, 0.15) is 23.6 Å². The number of hydrogen-bond acceptors (Lipinski definition) is 4. The smallest absolute Gasteiger partial charge is 0.230 e. The van der Waals surface area contributed by atoms with Crippen molar-refractivity contribution < 1.29 is 8.83 Å². The lowest BCUT2D eigenvalue weighted by Gasteiger charge is -2.22. The van der Waals surface area contributed by atoms with Gasteiger partial charge in [-0.3, -0.25) is 4.57 Å². The molecule has 15 rings (SSSR count). The topological polar surface area (TPSA) is 60.9 Å². The predicted molar refractivity (Wildman–Crippen MR) is 289 cm³/mol. The summed E-state index contributed by atoms with van der Waals surface area (Å²) in [7, 11) is 0. The molecule has 1 aliphatic rings. The highest BCUT2D eigenvalue weighted by atomic mass is 16.3. The lowest BCUT2D eigenvalue weighted by molar-refractivity contribution is 0.669. The van der Waals surface area contributed by atoms with Crippen molar-refractivity contribution in [1.29, 1.82) is 0 Å². The van der Waals surface area contributed by atoms with E-state index in [0.29, 0.717) is 12.4 Å². The van der Waals surface area contributed by atoms with Crippen LogP contribution in [0, 0.1) is 0 Å². The Morgan fingerprint density at radius 2 is 1.01 bits per heavy atom. The number of fused-ring (bicyclic) bond motifs is 13. The molecule has 328 valence electrons. The number of nitrogens with zero attached hydrogens (tertiary/aromatic N) is 4. The van der Waals surface area contributed by atoms with Crippen molar-refractivity contribution in [3.63, 3.8) is 0 Å². The highest BCUT2D eigenvalue weighted by molar-refractivity contribution is 6.27. The number of benzene rings is 10. The zero-order valence-corrected chi connectivity index (χ0v) is 37.8. The quantitative estimate of drug-likeness (QED) is 0.173. The molecule has 0 saturated carbocycles. The fourth-order valence-corrected chi connectivity index (χ4v) is 11.3. The van der Waals surface area contributed by atoms with Crippen LogP contribution in [0.15, 0.2) is 243 Å². The standard InChI is InChI=1S/C64H40N4O2/c1-4-15-39(16-5-1)52-38-53(40-17-6-2-7-18-40)66-64(65-52)68-56-31-27-41(35-50(56)62-57(68)33-30-48-47-22-11-13-25-58(47)70-63(48)62)42-29-34-59-51(36-42)61-45(23-14-26-60(61)69-59)43-28-32-55-49(37-43)46-21-10-12-24-54(46)67(55)44-19-8-3-9-20-44/h1-37,52H,38H2. The van der Waals surface area contributed by atoms with Crippen LogP contribution in [0.5, 0.6) is 0 Å². The molecule has 70 heavy (non-hydrogen) atoms. The molecule has 14 aromatic rings. The first-order chi connectivity index (χ1) is 34.7. The first-order valence-electron chi connectivity index (χ1n) is 23.9. The minimum Gasteiger partial charge on any atom is -0.456 e. The number of hydrogen-bond donors (Lipinski definition) is 0. The van der Waals surface area contributed by atoms with Crippen molar-refractivity contribution in [2.24, 2.45) is 9.98 Å². The van der Waals surface area contributed by atoms with Gasteiger partial charge in [0.1, 0.15) is 22.3 Å². The molecular formula is C64H40N4O2. The summed E-state index contributed by atoms with van der Waals surface area (Å²) >= 11 is 0. The molecule has 0 radical (unpaired) electrons. The van der Waals surface area contributed by atoms with Crippen molar-refractivity contribution >= 4 is 99.2 Å². The Kier molecular flexibility index (Phi) is 8.38. The Morgan fingerprint density at radius 3 is 1.86 bits per heavy atom. The zero-order chi connectivity index (χ0) is 45.9. The van der Waals surface area contributed by atoms with E-state index < -0.39 is 0 Å². The van der Waals surface area contributed by atoms with Crippen molar-refractivity contribution in [2.75, 3.05) is 0 Å². The summed E-state index contributed by atoms with van der Waals surface area (Å²) in [6.45, 7) is 0. The summed E-state index contributed by atoms with van der Waals surface area (Å²) in [5.41, 5.74) is 16.7. The normalized spacial score (nSPS) is 14.3. The fraction of sp³-hybridized carbons (Fsp3) is 0.0312. The van der Waals surface area contributed by atoms with E-state index in [9.17, 15) is 0 Å². The molecule has 6 heteroatoms. The Bertz CT molecular complexity index is 4490. The second-order valence-electron chi connectivity index (χ2n) is 18.4. The molecule has 0 N–H and O–H groups in total. The largest absolute Gasteiger partial charge is 0.456 e. The van der Waals surface area contributed by atoms with Crippen molar-refractivity contribution in [2.45, 2.75) is 12.5 Å². The van der Waals surface area contributed by atoms with Gasteiger partial charge >= 0.3 is 0 Å². The third kappa shape index (κ3) is 5.86. The van der Waals surface area contributed by atoms with E-state index in [2.05, 4.69) is 228 Å². The van der Waals surface area contributed by atoms with Crippen molar-refractivity contribution in [3.8, 4) is 27.9 Å². The van der Waals surface area contributed by atoms with E-state index in [0.717, 1.165) is 110 Å². The average Bonchev–Trinajstić information content (AvgIpc) is 4.18. The Labute approximate surface area is 401 Å². The predicted octanol–water partition coefficient (Wildman–Crippen LogP) is 16.9. The molecular weight excluding hydrogens is 857 g/mol. The summed E-state index contributed by atoms with van der Waals surface area (Å²) in [5.74, 6) is 0.656. The molecule has 0 fully saturated rings. The zero-order valence-electron chi connectivity index (χ0n) is 37.8. The minimum absolute atomic E-state index is 0.108. The monoisotopic (exact) mass is 896 g/mol. The third-order valence-electron chi connectivity index (χ3n) is 14.5. The summed E-state index contributed by atoms with van der Waals surface area (Å²) in [4.78, 5) is 10.9. The molecule has 10 aromatic carbocycles. The van der Waals surface area contributed by atoms with Crippen molar-refractivity contribution in [3.05, 3.63) is 236 Å². The molecule has 1 atom stereocenters. The van der Waals surface area contributed by atoms with Crippen LogP contribution in [0.3, 0.4) is 0 Å². The van der Waals surface area contributed by atoms with E-state index in [-0.39, 0.29) is 6.04 Å². The van der Waals surface area contributed by atoms with Gasteiger partial charge in [-0.25, -0.2) is 9.98 Å². The van der Waals surface area contributed by atoms with Gasteiger partial charge in [-0.15, -0.1) is 0 Å². The molecule has 0 saturated heterocycles. The summed E-state index contributed by atoms with van der Waals surface area (Å²) in [6.07, 6.45) is 0.701. The molecule has 0 aliphatic carbocycles. The summed E-state index contributed by atoms with van der Waals surface area (Å²) < 4.78 is 18.1. The van der Waals surface area contributed by atoms with Gasteiger partial charge in [-0.2, -0.15) is 0 Å². The molecule has 0 amide bonds. The van der Waals surface area contributed by atoms with Gasteiger partial charge in [0.25, 0.3) is 0 Å². The van der Waals surface area contributed by atoms with Gasteiger partial charge in [0, 0.05) is 49.8 Å². The van der Waals surface area contributed by atoms with Crippen LogP contribution in [-0.4, -0.2) is 20.8 Å². The van der Waals surface area contributed by atoms with E-state index in [1.54, 1.807) is 0 Å². The van der Waals surface area contributed by atoms with Gasteiger partial charge < -0.3 is 13.4 Å². The molecule has 5 heterocycles. The number of aliphatic imine (C=N–C) groups is 2. The van der Waals surface area contributed by atoms with E-state index in [1.165, 1.54) is 21.8 Å². The summed E-state index contributed by atoms with van der Waals surface area (Å²) in [6, 6.07) is 79.7. The van der Waals surface area contributed by atoms with Crippen LogP contribution in [0.25, 0.3) is 115 Å². The second kappa shape index (κ2) is 15.1.